The molecule has 2 aromatic rings. The molecule has 42 heavy (non-hydrogen) atoms. The number of carbonyl (C=O) groups is 1. The Bertz CT molecular complexity index is 1430. The van der Waals surface area contributed by atoms with Crippen LogP contribution < -0.4 is 14.4 Å². The zero-order valence-electron chi connectivity index (χ0n) is 24.5. The number of benzene rings is 2. The minimum absolute atomic E-state index is 0.242. The molecule has 0 radical (unpaired) electrons. The van der Waals surface area contributed by atoms with E-state index in [2.05, 4.69) is 21.8 Å². The number of aliphatic hydroxyl groups is 1. The molecular formula is C33H43ClN2O5S. The lowest BCUT2D eigenvalue weighted by Crippen LogP contribution is -2.49. The number of anilines is 1. The Hall–Kier alpha value is -2.29. The quantitative estimate of drug-likeness (QED) is 0.409. The van der Waals surface area contributed by atoms with E-state index in [1.165, 1.54) is 11.1 Å². The number of rotatable bonds is 1. The number of aryl methyl sites for hydroxylation is 1. The number of sulfonamides is 1. The van der Waals surface area contributed by atoms with Crippen LogP contribution in [0.5, 0.6) is 5.75 Å². The van der Waals surface area contributed by atoms with E-state index >= 15 is 0 Å². The van der Waals surface area contributed by atoms with Crippen LogP contribution in [0.25, 0.3) is 0 Å². The SMILES string of the molecule is CC[C@@H]1CCCCC[C@H](O)[C@@H]2CC[C@H]2CN2C[C@@]3(CCCc4cc(Cl)ccc43)COc3ccc(cc32)C(=O)NS1(=O)=O. The zero-order valence-corrected chi connectivity index (χ0v) is 26.1. The molecular weight excluding hydrogens is 572 g/mol. The molecule has 1 amide bonds. The Kier molecular flexibility index (Phi) is 8.51. The highest BCUT2D eigenvalue weighted by molar-refractivity contribution is 7.90. The number of nitrogens with one attached hydrogen (secondary N) is 1. The summed E-state index contributed by atoms with van der Waals surface area (Å²) in [5.74, 6) is 0.688. The molecule has 6 rings (SSSR count). The van der Waals surface area contributed by atoms with Crippen LogP contribution in [-0.4, -0.2) is 50.5 Å². The molecule has 9 heteroatoms. The lowest BCUT2D eigenvalue weighted by atomic mass is 9.68. The van der Waals surface area contributed by atoms with Crippen molar-refractivity contribution < 1.29 is 23.1 Å². The third-order valence-corrected chi connectivity index (χ3v) is 12.5. The lowest BCUT2D eigenvalue weighted by molar-refractivity contribution is 0.00902. The summed E-state index contributed by atoms with van der Waals surface area (Å²) in [4.78, 5) is 15.7. The first-order valence-corrected chi connectivity index (χ1v) is 17.7. The molecule has 2 N–H and O–H groups in total. The van der Waals surface area contributed by atoms with Crippen molar-refractivity contribution in [2.45, 2.75) is 94.3 Å². The van der Waals surface area contributed by atoms with Crippen LogP contribution in [0.2, 0.25) is 5.02 Å². The number of hydrogen-bond acceptors (Lipinski definition) is 6. The second-order valence-corrected chi connectivity index (χ2v) is 15.4. The molecule has 2 aliphatic carbocycles. The van der Waals surface area contributed by atoms with Gasteiger partial charge in [-0.1, -0.05) is 43.9 Å². The molecule has 5 atom stereocenters. The molecule has 2 aliphatic heterocycles. The molecule has 7 nitrogen and oxygen atoms in total. The van der Waals surface area contributed by atoms with Gasteiger partial charge in [-0.2, -0.15) is 0 Å². The number of halogens is 1. The van der Waals surface area contributed by atoms with Crippen LogP contribution in [0.3, 0.4) is 0 Å². The highest BCUT2D eigenvalue weighted by atomic mass is 35.5. The van der Waals surface area contributed by atoms with Crippen molar-refractivity contribution in [3.05, 3.63) is 58.1 Å². The molecule has 1 fully saturated rings. The van der Waals surface area contributed by atoms with Gasteiger partial charge < -0.3 is 14.7 Å². The molecule has 228 valence electrons. The normalized spacial score (nSPS) is 31.4. The predicted octanol–water partition coefficient (Wildman–Crippen LogP) is 6.00. The van der Waals surface area contributed by atoms with Gasteiger partial charge >= 0.3 is 0 Å². The van der Waals surface area contributed by atoms with E-state index in [1.54, 1.807) is 12.1 Å². The molecule has 2 aromatic carbocycles. The van der Waals surface area contributed by atoms with Crippen molar-refractivity contribution in [2.75, 3.05) is 24.6 Å². The van der Waals surface area contributed by atoms with Crippen LogP contribution in [0.15, 0.2) is 36.4 Å². The summed E-state index contributed by atoms with van der Waals surface area (Å²) in [5.41, 5.74) is 3.42. The molecule has 1 saturated carbocycles. The predicted molar refractivity (Wildman–Crippen MR) is 166 cm³/mol. The summed E-state index contributed by atoms with van der Waals surface area (Å²) in [7, 11) is -3.83. The summed E-state index contributed by atoms with van der Waals surface area (Å²) in [6, 6.07) is 11.5. The van der Waals surface area contributed by atoms with Crippen molar-refractivity contribution in [2.24, 2.45) is 11.8 Å². The van der Waals surface area contributed by atoms with Crippen LogP contribution in [0.4, 0.5) is 5.69 Å². The lowest BCUT2D eigenvalue weighted by Gasteiger charge is -2.45. The van der Waals surface area contributed by atoms with E-state index < -0.39 is 21.2 Å². The molecule has 2 bridgehead atoms. The maximum atomic E-state index is 13.4. The van der Waals surface area contributed by atoms with Gasteiger partial charge in [0.05, 0.1) is 23.6 Å². The standard InChI is InChI=1S/C33H43ClN2O5S/c1-2-26-8-4-3-5-9-30(37)27-13-10-24(27)19-36-20-33(16-6-7-22-17-25(34)12-14-28(22)33)21-41-31-15-11-23(18-29(31)36)32(38)35-42(26,39)40/h11-12,14-15,17-18,24,26-27,30,37H,2-10,13,16,19-21H2,1H3,(H,35,38)/t24-,26+,27+,30-,33-/m0/s1. The summed E-state index contributed by atoms with van der Waals surface area (Å²) in [5, 5.41) is 11.3. The second-order valence-electron chi connectivity index (χ2n) is 13.0. The van der Waals surface area contributed by atoms with E-state index in [4.69, 9.17) is 16.3 Å². The van der Waals surface area contributed by atoms with Crippen molar-refractivity contribution in [3.8, 4) is 5.75 Å². The van der Waals surface area contributed by atoms with Crippen molar-refractivity contribution in [3.63, 3.8) is 0 Å². The van der Waals surface area contributed by atoms with Crippen molar-refractivity contribution in [1.82, 2.24) is 4.72 Å². The first-order chi connectivity index (χ1) is 20.2. The van der Waals surface area contributed by atoms with Crippen LogP contribution in [0.1, 0.15) is 92.6 Å². The number of hydrogen-bond donors (Lipinski definition) is 2. The number of amides is 1. The van der Waals surface area contributed by atoms with E-state index in [0.717, 1.165) is 81.6 Å². The first-order valence-electron chi connectivity index (χ1n) is 15.7. The number of nitrogens with zero attached hydrogens (tertiary/aromatic N) is 1. The van der Waals surface area contributed by atoms with Gasteiger partial charge in [-0.05, 0) is 105 Å². The Morgan fingerprint density at radius 3 is 2.69 bits per heavy atom. The van der Waals surface area contributed by atoms with Crippen LogP contribution in [-0.2, 0) is 21.9 Å². The molecule has 0 aromatic heterocycles. The Morgan fingerprint density at radius 2 is 1.90 bits per heavy atom. The second kappa shape index (κ2) is 12.0. The number of ether oxygens (including phenoxy) is 1. The third-order valence-electron chi connectivity index (χ3n) is 10.4. The van der Waals surface area contributed by atoms with E-state index in [-0.39, 0.29) is 17.4 Å². The zero-order chi connectivity index (χ0) is 29.5. The van der Waals surface area contributed by atoms with Gasteiger partial charge in [0.25, 0.3) is 5.91 Å². The average molecular weight is 615 g/mol. The van der Waals surface area contributed by atoms with Gasteiger partial charge in [0.1, 0.15) is 5.75 Å². The molecule has 0 unspecified atom stereocenters. The Balaban J connectivity index is 1.39. The minimum atomic E-state index is -3.83. The van der Waals surface area contributed by atoms with E-state index in [0.29, 0.717) is 36.7 Å². The largest absolute Gasteiger partial charge is 0.490 e. The number of carbonyl (C=O) groups excluding carboxylic acids is 1. The molecule has 1 spiro atoms. The fraction of sp³-hybridized carbons (Fsp3) is 0.606. The smallest absolute Gasteiger partial charge is 0.264 e. The van der Waals surface area contributed by atoms with Crippen LogP contribution in [0, 0.1) is 11.8 Å². The summed E-state index contributed by atoms with van der Waals surface area (Å²) in [6.07, 6.45) is 8.91. The van der Waals surface area contributed by atoms with Gasteiger partial charge in [-0.3, -0.25) is 4.79 Å². The Labute approximate surface area is 255 Å². The van der Waals surface area contributed by atoms with Crippen molar-refractivity contribution >= 4 is 33.2 Å². The number of fused-ring (bicyclic) bond motifs is 4. The Morgan fingerprint density at radius 1 is 1.07 bits per heavy atom. The molecule has 4 aliphatic rings. The van der Waals surface area contributed by atoms with Gasteiger partial charge in [0.2, 0.25) is 10.0 Å². The topological polar surface area (TPSA) is 95.9 Å². The molecule has 2 heterocycles. The monoisotopic (exact) mass is 614 g/mol. The fourth-order valence-corrected chi connectivity index (χ4v) is 9.49. The van der Waals surface area contributed by atoms with Crippen molar-refractivity contribution in [1.29, 1.82) is 0 Å². The summed E-state index contributed by atoms with van der Waals surface area (Å²) >= 11 is 6.39. The molecule has 0 saturated heterocycles. The van der Waals surface area contributed by atoms with E-state index in [9.17, 15) is 18.3 Å². The minimum Gasteiger partial charge on any atom is -0.490 e. The highest BCUT2D eigenvalue weighted by Crippen LogP contribution is 2.47. The summed E-state index contributed by atoms with van der Waals surface area (Å²) < 4.78 is 35.4. The van der Waals surface area contributed by atoms with Gasteiger partial charge in [-0.15, -0.1) is 0 Å². The van der Waals surface area contributed by atoms with Gasteiger partial charge in [0.15, 0.2) is 0 Å². The third kappa shape index (κ3) is 5.79. The van der Waals surface area contributed by atoms with Crippen LogP contribution >= 0.6 is 11.6 Å². The maximum absolute atomic E-state index is 13.4. The fourth-order valence-electron chi connectivity index (χ4n) is 7.83. The maximum Gasteiger partial charge on any atom is 0.264 e. The highest BCUT2D eigenvalue weighted by Gasteiger charge is 2.44. The first kappa shape index (κ1) is 29.8. The van der Waals surface area contributed by atoms with Gasteiger partial charge in [0, 0.05) is 29.1 Å². The van der Waals surface area contributed by atoms with Gasteiger partial charge in [-0.25, -0.2) is 13.1 Å². The van der Waals surface area contributed by atoms with E-state index in [1.807, 2.05) is 19.1 Å². The average Bonchev–Trinajstić information content (AvgIpc) is 3.09. The number of aliphatic hydroxyl groups excluding tert-OH is 1. The summed E-state index contributed by atoms with van der Waals surface area (Å²) in [6.45, 7) is 3.83.